The Hall–Kier alpha value is -6.78. The zero-order valence-corrected chi connectivity index (χ0v) is 29.5. The lowest BCUT2D eigenvalue weighted by Gasteiger charge is -2.22. The van der Waals surface area contributed by atoms with E-state index in [-0.39, 0.29) is 5.41 Å². The van der Waals surface area contributed by atoms with Crippen molar-refractivity contribution in [3.63, 3.8) is 0 Å². The van der Waals surface area contributed by atoms with E-state index in [4.69, 9.17) is 9.97 Å². The Morgan fingerprint density at radius 1 is 0.377 bits per heavy atom. The highest BCUT2D eigenvalue weighted by Gasteiger charge is 2.35. The molecule has 9 aromatic rings. The molecule has 0 unspecified atom stereocenters. The predicted octanol–water partition coefficient (Wildman–Crippen LogP) is 12.2. The fourth-order valence-electron chi connectivity index (χ4n) is 7.93. The number of rotatable bonds is 5. The molecule has 53 heavy (non-hydrogen) atoms. The molecule has 0 saturated heterocycles. The Labute approximate surface area is 308 Å². The van der Waals surface area contributed by atoms with E-state index in [1.54, 1.807) is 0 Å². The molecule has 2 heterocycles. The summed E-state index contributed by atoms with van der Waals surface area (Å²) in [4.78, 5) is 19.6. The number of hydrogen-bond donors (Lipinski definition) is 0. The third-order valence-electron chi connectivity index (χ3n) is 10.8. The van der Waals surface area contributed by atoms with Crippen LogP contribution in [0.4, 0.5) is 0 Å². The summed E-state index contributed by atoms with van der Waals surface area (Å²) in [6, 6.07) is 55.7. The van der Waals surface area contributed by atoms with Crippen molar-refractivity contribution in [2.24, 2.45) is 0 Å². The van der Waals surface area contributed by atoms with Crippen LogP contribution in [0.1, 0.15) is 25.0 Å². The largest absolute Gasteiger partial charge is 0.236 e. The Balaban J connectivity index is 1.03. The van der Waals surface area contributed by atoms with E-state index in [0.29, 0.717) is 11.6 Å². The van der Waals surface area contributed by atoms with Crippen LogP contribution in [0.15, 0.2) is 170 Å². The van der Waals surface area contributed by atoms with Crippen molar-refractivity contribution in [2.45, 2.75) is 19.3 Å². The molecule has 7 aromatic carbocycles. The van der Waals surface area contributed by atoms with Crippen LogP contribution in [0, 0.1) is 0 Å². The molecule has 0 spiro atoms. The second-order valence-electron chi connectivity index (χ2n) is 14.4. The maximum Gasteiger partial charge on any atom is 0.160 e. The summed E-state index contributed by atoms with van der Waals surface area (Å²) in [5.74, 6) is 1.35. The fraction of sp³-hybridized carbons (Fsp3) is 0.0612. The average Bonchev–Trinajstić information content (AvgIpc) is 3.45. The van der Waals surface area contributed by atoms with Crippen LogP contribution in [0.5, 0.6) is 0 Å². The SMILES string of the molecule is CC1(C)c2ccccc2-c2cc3ccc4cc(-c5cc(-c6ccccc6)nc(-c6ccc(-c7ncc(-c8ccccc8)cn7)cc6)n5)ccc4c3cc21. The smallest absolute Gasteiger partial charge is 0.160 e. The van der Waals surface area contributed by atoms with Gasteiger partial charge in [-0.25, -0.2) is 19.9 Å². The quantitative estimate of drug-likeness (QED) is 0.170. The molecule has 0 radical (unpaired) electrons. The minimum atomic E-state index is -0.0500. The summed E-state index contributed by atoms with van der Waals surface area (Å²) >= 11 is 0. The number of fused-ring (bicyclic) bond motifs is 6. The Morgan fingerprint density at radius 3 is 1.68 bits per heavy atom. The minimum Gasteiger partial charge on any atom is -0.236 e. The summed E-state index contributed by atoms with van der Waals surface area (Å²) in [5, 5.41) is 4.97. The Bertz CT molecular complexity index is 2830. The molecular formula is C49H34N4. The van der Waals surface area contributed by atoms with Crippen LogP contribution in [0.2, 0.25) is 0 Å². The van der Waals surface area contributed by atoms with Crippen LogP contribution in [0.25, 0.3) is 89.1 Å². The van der Waals surface area contributed by atoms with Crippen LogP contribution in [-0.2, 0) is 5.41 Å². The van der Waals surface area contributed by atoms with E-state index >= 15 is 0 Å². The van der Waals surface area contributed by atoms with Crippen LogP contribution in [0.3, 0.4) is 0 Å². The molecule has 10 rings (SSSR count). The lowest BCUT2D eigenvalue weighted by molar-refractivity contribution is 0.661. The van der Waals surface area contributed by atoms with E-state index in [2.05, 4.69) is 133 Å². The van der Waals surface area contributed by atoms with Crippen molar-refractivity contribution >= 4 is 21.5 Å². The monoisotopic (exact) mass is 678 g/mol. The molecule has 250 valence electrons. The molecular weight excluding hydrogens is 645 g/mol. The number of hydrogen-bond acceptors (Lipinski definition) is 4. The summed E-state index contributed by atoms with van der Waals surface area (Å²) in [7, 11) is 0. The van der Waals surface area contributed by atoms with Crippen molar-refractivity contribution in [3.8, 4) is 67.5 Å². The van der Waals surface area contributed by atoms with Gasteiger partial charge in [-0.3, -0.25) is 0 Å². The fourth-order valence-corrected chi connectivity index (χ4v) is 7.93. The normalized spacial score (nSPS) is 12.9. The van der Waals surface area contributed by atoms with Crippen molar-refractivity contribution in [1.82, 2.24) is 19.9 Å². The topological polar surface area (TPSA) is 51.6 Å². The van der Waals surface area contributed by atoms with Gasteiger partial charge in [0.25, 0.3) is 0 Å². The van der Waals surface area contributed by atoms with Gasteiger partial charge in [-0.2, -0.15) is 0 Å². The Morgan fingerprint density at radius 2 is 0.962 bits per heavy atom. The molecule has 0 amide bonds. The third kappa shape index (κ3) is 5.30. The third-order valence-corrected chi connectivity index (χ3v) is 10.8. The first-order valence-corrected chi connectivity index (χ1v) is 18.0. The maximum atomic E-state index is 5.16. The van der Waals surface area contributed by atoms with Gasteiger partial charge in [-0.1, -0.05) is 147 Å². The van der Waals surface area contributed by atoms with Gasteiger partial charge in [0.05, 0.1) is 11.4 Å². The molecule has 0 atom stereocenters. The molecule has 0 saturated carbocycles. The highest BCUT2D eigenvalue weighted by atomic mass is 14.9. The van der Waals surface area contributed by atoms with Gasteiger partial charge in [0.15, 0.2) is 11.6 Å². The van der Waals surface area contributed by atoms with E-state index in [9.17, 15) is 0 Å². The summed E-state index contributed by atoms with van der Waals surface area (Å²) in [6.45, 7) is 4.68. The number of benzene rings is 7. The van der Waals surface area contributed by atoms with Crippen LogP contribution >= 0.6 is 0 Å². The lowest BCUT2D eigenvalue weighted by atomic mass is 9.81. The van der Waals surface area contributed by atoms with Crippen LogP contribution in [-0.4, -0.2) is 19.9 Å². The standard InChI is InChI=1S/C49H34N4/c1-49(2)43-16-10-9-15-40(43)42-26-36-22-21-35-25-37(23-24-39(35)41(36)27-44(42)49)46-28-45(32-13-7-4-8-14-32)52-48(53-46)34-19-17-33(18-20-34)47-50-29-38(30-51-47)31-11-5-3-6-12-31/h3-30H,1-2H3. The van der Waals surface area contributed by atoms with Crippen molar-refractivity contribution in [3.05, 3.63) is 181 Å². The van der Waals surface area contributed by atoms with Gasteiger partial charge < -0.3 is 0 Å². The van der Waals surface area contributed by atoms with Gasteiger partial charge in [-0.05, 0) is 73.6 Å². The molecule has 4 heteroatoms. The zero-order chi connectivity index (χ0) is 35.5. The summed E-state index contributed by atoms with van der Waals surface area (Å²) in [6.07, 6.45) is 3.76. The second kappa shape index (κ2) is 12.2. The lowest BCUT2D eigenvalue weighted by Crippen LogP contribution is -2.14. The zero-order valence-electron chi connectivity index (χ0n) is 29.5. The highest BCUT2D eigenvalue weighted by Crippen LogP contribution is 2.50. The second-order valence-corrected chi connectivity index (χ2v) is 14.4. The molecule has 0 fully saturated rings. The van der Waals surface area contributed by atoms with Crippen molar-refractivity contribution in [2.75, 3.05) is 0 Å². The van der Waals surface area contributed by atoms with E-state index in [0.717, 1.165) is 44.8 Å². The predicted molar refractivity (Wildman–Crippen MR) is 217 cm³/mol. The van der Waals surface area contributed by atoms with Gasteiger partial charge in [0, 0.05) is 45.6 Å². The molecule has 4 nitrogen and oxygen atoms in total. The van der Waals surface area contributed by atoms with E-state index in [1.807, 2.05) is 60.9 Å². The molecule has 2 aromatic heterocycles. The Kier molecular flexibility index (Phi) is 7.12. The van der Waals surface area contributed by atoms with Gasteiger partial charge in [-0.15, -0.1) is 0 Å². The molecule has 1 aliphatic carbocycles. The van der Waals surface area contributed by atoms with E-state index < -0.39 is 0 Å². The first-order chi connectivity index (χ1) is 26.0. The first kappa shape index (κ1) is 31.0. The summed E-state index contributed by atoms with van der Waals surface area (Å²) < 4.78 is 0. The average molecular weight is 679 g/mol. The first-order valence-electron chi connectivity index (χ1n) is 18.0. The van der Waals surface area contributed by atoms with Gasteiger partial charge in [0.1, 0.15) is 0 Å². The van der Waals surface area contributed by atoms with Gasteiger partial charge >= 0.3 is 0 Å². The van der Waals surface area contributed by atoms with Crippen molar-refractivity contribution in [1.29, 1.82) is 0 Å². The minimum absolute atomic E-state index is 0.0500. The van der Waals surface area contributed by atoms with Gasteiger partial charge in [0.2, 0.25) is 0 Å². The highest BCUT2D eigenvalue weighted by molar-refractivity contribution is 6.10. The molecule has 0 aliphatic heterocycles. The number of aromatic nitrogens is 4. The van der Waals surface area contributed by atoms with Crippen LogP contribution < -0.4 is 0 Å². The van der Waals surface area contributed by atoms with E-state index in [1.165, 1.54) is 43.8 Å². The summed E-state index contributed by atoms with van der Waals surface area (Å²) in [5.41, 5.74) is 13.2. The molecule has 1 aliphatic rings. The van der Waals surface area contributed by atoms with Crippen molar-refractivity contribution < 1.29 is 0 Å². The molecule has 0 N–H and O–H groups in total. The number of nitrogens with zero attached hydrogens (tertiary/aromatic N) is 4. The molecule has 0 bridgehead atoms. The maximum absolute atomic E-state index is 5.16.